The summed E-state index contributed by atoms with van der Waals surface area (Å²) in [5.41, 5.74) is 3.51. The van der Waals surface area contributed by atoms with Crippen LogP contribution in [0.5, 0.6) is 0 Å². The molecule has 5 heteroatoms. The molecule has 0 bridgehead atoms. The largest absolute Gasteiger partial charge is 0.279 e. The van der Waals surface area contributed by atoms with E-state index in [1.807, 2.05) is 18.2 Å². The monoisotopic (exact) mass is 325 g/mol. The van der Waals surface area contributed by atoms with Crippen molar-refractivity contribution in [3.05, 3.63) is 56.2 Å². The Morgan fingerprint density at radius 2 is 2.17 bits per heavy atom. The summed E-state index contributed by atoms with van der Waals surface area (Å²) >= 11 is 1.65. The normalized spacial score (nSPS) is 17.4. The van der Waals surface area contributed by atoms with Crippen LogP contribution >= 0.6 is 11.3 Å². The average Bonchev–Trinajstić information content (AvgIpc) is 2.90. The van der Waals surface area contributed by atoms with Crippen LogP contribution in [-0.4, -0.2) is 15.0 Å². The molecule has 0 saturated carbocycles. The fourth-order valence-corrected chi connectivity index (χ4v) is 4.66. The molecule has 3 aromatic rings. The van der Waals surface area contributed by atoms with Gasteiger partial charge in [0.05, 0.1) is 11.9 Å². The molecule has 23 heavy (non-hydrogen) atoms. The van der Waals surface area contributed by atoms with E-state index in [2.05, 4.69) is 30.2 Å². The molecule has 4 rings (SSSR count). The number of benzene rings is 1. The summed E-state index contributed by atoms with van der Waals surface area (Å²) in [6.07, 6.45) is 3.20. The van der Waals surface area contributed by atoms with Crippen LogP contribution in [0.3, 0.4) is 0 Å². The van der Waals surface area contributed by atoms with Crippen molar-refractivity contribution in [3.63, 3.8) is 0 Å². The second kappa shape index (κ2) is 5.57. The smallest absolute Gasteiger partial charge is 0.267 e. The van der Waals surface area contributed by atoms with Crippen molar-refractivity contribution in [2.45, 2.75) is 39.7 Å². The molecule has 0 unspecified atom stereocenters. The van der Waals surface area contributed by atoms with Gasteiger partial charge in [0.25, 0.3) is 5.56 Å². The molecule has 0 spiro atoms. The molecular weight excluding hydrogens is 306 g/mol. The van der Waals surface area contributed by atoms with Crippen molar-refractivity contribution in [1.82, 2.24) is 15.0 Å². The molecule has 0 amide bonds. The number of hydrogen-bond donors (Lipinski definition) is 0. The minimum Gasteiger partial charge on any atom is -0.267 e. The lowest BCUT2D eigenvalue weighted by molar-refractivity contribution is 0.508. The predicted molar refractivity (Wildman–Crippen MR) is 93.1 cm³/mol. The third-order valence-corrected chi connectivity index (χ3v) is 5.90. The van der Waals surface area contributed by atoms with Gasteiger partial charge in [-0.1, -0.05) is 36.4 Å². The fraction of sp³-hybridized carbons (Fsp3) is 0.389. The highest BCUT2D eigenvalue weighted by Crippen LogP contribution is 2.35. The second-order valence-corrected chi connectivity index (χ2v) is 7.59. The predicted octanol–water partition coefficient (Wildman–Crippen LogP) is 3.33. The van der Waals surface area contributed by atoms with Crippen LogP contribution in [0.4, 0.5) is 0 Å². The quantitative estimate of drug-likeness (QED) is 0.726. The summed E-state index contributed by atoms with van der Waals surface area (Å²) in [7, 11) is 0. The Bertz CT molecular complexity index is 941. The van der Waals surface area contributed by atoms with E-state index in [1.165, 1.54) is 20.7 Å². The van der Waals surface area contributed by atoms with Crippen LogP contribution in [0.25, 0.3) is 10.2 Å². The van der Waals surface area contributed by atoms with Gasteiger partial charge in [-0.2, -0.15) is 0 Å². The van der Waals surface area contributed by atoms with Gasteiger partial charge >= 0.3 is 0 Å². The van der Waals surface area contributed by atoms with Gasteiger partial charge in [0.2, 0.25) is 0 Å². The van der Waals surface area contributed by atoms with Crippen LogP contribution in [-0.2, 0) is 19.4 Å². The van der Waals surface area contributed by atoms with Crippen molar-refractivity contribution in [3.8, 4) is 0 Å². The van der Waals surface area contributed by atoms with Crippen LogP contribution in [0.15, 0.2) is 29.1 Å². The molecule has 0 aliphatic heterocycles. The summed E-state index contributed by atoms with van der Waals surface area (Å²) in [5.74, 6) is 0.692. The van der Waals surface area contributed by atoms with Crippen molar-refractivity contribution in [2.24, 2.45) is 5.92 Å². The molecule has 2 aromatic heterocycles. The average molecular weight is 325 g/mol. The van der Waals surface area contributed by atoms with Crippen LogP contribution < -0.4 is 5.56 Å². The molecule has 0 saturated heterocycles. The summed E-state index contributed by atoms with van der Waals surface area (Å²) in [4.78, 5) is 15.1. The highest BCUT2D eigenvalue weighted by Gasteiger charge is 2.23. The minimum absolute atomic E-state index is 0.00491. The van der Waals surface area contributed by atoms with Gasteiger partial charge in [-0.25, -0.2) is 4.68 Å². The first-order valence-corrected chi connectivity index (χ1v) is 8.87. The number of hydrogen-bond acceptors (Lipinski definition) is 4. The van der Waals surface area contributed by atoms with Crippen LogP contribution in [0.2, 0.25) is 0 Å². The molecule has 1 atom stereocenters. The maximum Gasteiger partial charge on any atom is 0.279 e. The highest BCUT2D eigenvalue weighted by atomic mass is 32.1. The zero-order chi connectivity index (χ0) is 16.0. The van der Waals surface area contributed by atoms with E-state index < -0.39 is 0 Å². The van der Waals surface area contributed by atoms with E-state index in [-0.39, 0.29) is 5.56 Å². The number of thiophene rings is 1. The van der Waals surface area contributed by atoms with Gasteiger partial charge < -0.3 is 0 Å². The summed E-state index contributed by atoms with van der Waals surface area (Å²) < 4.78 is 1.51. The Balaban J connectivity index is 1.82. The Morgan fingerprint density at radius 3 is 3.00 bits per heavy atom. The van der Waals surface area contributed by atoms with E-state index in [4.69, 9.17) is 0 Å². The molecular formula is C18H19N3OS. The van der Waals surface area contributed by atoms with Gasteiger partial charge in [-0.05, 0) is 48.8 Å². The summed E-state index contributed by atoms with van der Waals surface area (Å²) in [5, 5.41) is 9.31. The van der Waals surface area contributed by atoms with E-state index in [0.717, 1.165) is 35.0 Å². The van der Waals surface area contributed by atoms with Crippen LogP contribution in [0.1, 0.15) is 34.9 Å². The Morgan fingerprint density at radius 1 is 1.35 bits per heavy atom. The topological polar surface area (TPSA) is 47.8 Å². The minimum atomic E-state index is 0.00491. The zero-order valence-electron chi connectivity index (χ0n) is 13.4. The summed E-state index contributed by atoms with van der Waals surface area (Å²) in [6.45, 7) is 4.81. The van der Waals surface area contributed by atoms with E-state index in [0.29, 0.717) is 12.5 Å². The fourth-order valence-electron chi connectivity index (χ4n) is 3.34. The van der Waals surface area contributed by atoms with Crippen molar-refractivity contribution in [2.75, 3.05) is 0 Å². The molecule has 0 radical (unpaired) electrons. The van der Waals surface area contributed by atoms with E-state index in [9.17, 15) is 4.79 Å². The van der Waals surface area contributed by atoms with Gasteiger partial charge in [0.1, 0.15) is 0 Å². The second-order valence-electron chi connectivity index (χ2n) is 6.51. The molecule has 4 nitrogen and oxygen atoms in total. The lowest BCUT2D eigenvalue weighted by Gasteiger charge is -2.17. The maximum absolute atomic E-state index is 12.9. The first-order valence-electron chi connectivity index (χ1n) is 8.06. The molecule has 1 aromatic carbocycles. The third-order valence-electron chi connectivity index (χ3n) is 4.77. The lowest BCUT2D eigenvalue weighted by Crippen LogP contribution is -2.25. The number of aryl methyl sites for hydroxylation is 2. The highest BCUT2D eigenvalue weighted by molar-refractivity contribution is 7.18. The molecule has 118 valence electrons. The van der Waals surface area contributed by atoms with Gasteiger partial charge in [-0.3, -0.25) is 4.79 Å². The van der Waals surface area contributed by atoms with Crippen LogP contribution in [0, 0.1) is 12.8 Å². The third kappa shape index (κ3) is 2.49. The number of nitrogens with zero attached hydrogens (tertiary/aromatic N) is 3. The standard InChI is InChI=1S/C18H19N3OS/c1-11-7-8-14-15(9-11)23-17-16(14)18(22)21(20-19-17)10-13-6-4-3-5-12(13)2/h3-6,11H,7-10H2,1-2H3/t11-/m0/s1. The van der Waals surface area contributed by atoms with Crippen molar-refractivity contribution in [1.29, 1.82) is 0 Å². The Kier molecular flexibility index (Phi) is 3.53. The molecule has 0 fully saturated rings. The Hall–Kier alpha value is -2.01. The molecule has 1 aliphatic rings. The van der Waals surface area contributed by atoms with Gasteiger partial charge in [-0.15, -0.1) is 16.4 Å². The van der Waals surface area contributed by atoms with E-state index in [1.54, 1.807) is 11.3 Å². The number of aromatic nitrogens is 3. The van der Waals surface area contributed by atoms with E-state index >= 15 is 0 Å². The SMILES string of the molecule is Cc1ccccc1Cn1nnc2sc3c(c2c1=O)CC[C@H](C)C3. The number of rotatable bonds is 2. The van der Waals surface area contributed by atoms with Gasteiger partial charge in [0, 0.05) is 4.88 Å². The molecule has 1 aliphatic carbocycles. The Labute approximate surface area is 138 Å². The maximum atomic E-state index is 12.9. The lowest BCUT2D eigenvalue weighted by atomic mass is 9.89. The summed E-state index contributed by atoms with van der Waals surface area (Å²) in [6, 6.07) is 8.10. The van der Waals surface area contributed by atoms with Crippen molar-refractivity contribution >= 4 is 21.6 Å². The molecule has 2 heterocycles. The number of fused-ring (bicyclic) bond motifs is 3. The van der Waals surface area contributed by atoms with Crippen molar-refractivity contribution < 1.29 is 0 Å². The zero-order valence-corrected chi connectivity index (χ0v) is 14.2. The van der Waals surface area contributed by atoms with Gasteiger partial charge in [0.15, 0.2) is 4.83 Å². The first-order chi connectivity index (χ1) is 11.1. The molecule has 0 N–H and O–H groups in total. The first kappa shape index (κ1) is 14.6.